The lowest BCUT2D eigenvalue weighted by atomic mass is 10.2. The number of nitrogens with one attached hydrogen (secondary N) is 1. The molecule has 1 atom stereocenters. The fourth-order valence-corrected chi connectivity index (χ4v) is 1.47. The third-order valence-corrected chi connectivity index (χ3v) is 2.13. The average molecular weight is 227 g/mol. The molecule has 0 amide bonds. The van der Waals surface area contributed by atoms with Crippen LogP contribution in [-0.4, -0.2) is 21.9 Å². The molecule has 15 heavy (non-hydrogen) atoms. The maximum Gasteiger partial charge on any atom is 0.0972 e. The summed E-state index contributed by atoms with van der Waals surface area (Å²) in [6.07, 6.45) is 4.08. The maximum absolute atomic E-state index is 8.89. The van der Waals surface area contributed by atoms with Gasteiger partial charge in [-0.25, -0.2) is 0 Å². The molecule has 1 unspecified atom stereocenters. The Hall–Kier alpha value is -1.05. The van der Waals surface area contributed by atoms with E-state index < -0.39 is 0 Å². The zero-order valence-corrected chi connectivity index (χ0v) is 9.70. The summed E-state index contributed by atoms with van der Waals surface area (Å²) >= 11 is 5.73. The number of aromatic nitrogens is 2. The SMILES string of the molecule is CC(C)NC(C#N)CCn1cc(Cl)cn1. The Kier molecular flexibility index (Phi) is 4.60. The van der Waals surface area contributed by atoms with Crippen molar-refractivity contribution >= 4 is 11.6 Å². The molecule has 0 fully saturated rings. The van der Waals surface area contributed by atoms with Gasteiger partial charge in [-0.15, -0.1) is 0 Å². The molecule has 0 aliphatic carbocycles. The van der Waals surface area contributed by atoms with E-state index in [0.29, 0.717) is 17.6 Å². The lowest BCUT2D eigenvalue weighted by molar-refractivity contribution is 0.461. The van der Waals surface area contributed by atoms with Gasteiger partial charge in [0.05, 0.1) is 23.3 Å². The van der Waals surface area contributed by atoms with Crippen molar-refractivity contribution in [1.29, 1.82) is 5.26 Å². The lowest BCUT2D eigenvalue weighted by Gasteiger charge is -2.14. The van der Waals surface area contributed by atoms with E-state index in [0.717, 1.165) is 6.42 Å². The highest BCUT2D eigenvalue weighted by molar-refractivity contribution is 6.30. The Morgan fingerprint density at radius 1 is 1.67 bits per heavy atom. The van der Waals surface area contributed by atoms with E-state index in [2.05, 4.69) is 16.5 Å². The van der Waals surface area contributed by atoms with Gasteiger partial charge in [0, 0.05) is 18.8 Å². The van der Waals surface area contributed by atoms with Gasteiger partial charge in [0.25, 0.3) is 0 Å². The van der Waals surface area contributed by atoms with E-state index in [9.17, 15) is 0 Å². The van der Waals surface area contributed by atoms with Crippen LogP contribution in [0.4, 0.5) is 0 Å². The van der Waals surface area contributed by atoms with Crippen LogP contribution in [0.25, 0.3) is 0 Å². The van der Waals surface area contributed by atoms with Crippen molar-refractivity contribution in [1.82, 2.24) is 15.1 Å². The van der Waals surface area contributed by atoms with Gasteiger partial charge in [-0.05, 0) is 20.3 Å². The lowest BCUT2D eigenvalue weighted by Crippen LogP contribution is -2.34. The highest BCUT2D eigenvalue weighted by Crippen LogP contribution is 2.05. The number of nitriles is 1. The molecule has 1 N–H and O–H groups in total. The van der Waals surface area contributed by atoms with Gasteiger partial charge in [-0.1, -0.05) is 11.6 Å². The quantitative estimate of drug-likeness (QED) is 0.833. The van der Waals surface area contributed by atoms with Gasteiger partial charge in [-0.2, -0.15) is 10.4 Å². The van der Waals surface area contributed by atoms with Crippen molar-refractivity contribution in [2.24, 2.45) is 0 Å². The van der Waals surface area contributed by atoms with Gasteiger partial charge in [0.2, 0.25) is 0 Å². The van der Waals surface area contributed by atoms with Gasteiger partial charge < -0.3 is 0 Å². The molecule has 0 aliphatic heterocycles. The van der Waals surface area contributed by atoms with Crippen molar-refractivity contribution in [3.05, 3.63) is 17.4 Å². The molecule has 5 heteroatoms. The van der Waals surface area contributed by atoms with Crippen LogP contribution in [0.1, 0.15) is 20.3 Å². The first-order valence-corrected chi connectivity index (χ1v) is 5.33. The van der Waals surface area contributed by atoms with Crippen LogP contribution < -0.4 is 5.32 Å². The van der Waals surface area contributed by atoms with E-state index in [-0.39, 0.29) is 6.04 Å². The largest absolute Gasteiger partial charge is 0.300 e. The standard InChI is InChI=1S/C10H15ClN4/c1-8(2)14-10(5-12)3-4-15-7-9(11)6-13-15/h6-8,10,14H,3-4H2,1-2H3. The molecule has 1 aromatic rings. The second kappa shape index (κ2) is 5.74. The molecule has 1 aromatic heterocycles. The van der Waals surface area contributed by atoms with Gasteiger partial charge in [0.15, 0.2) is 0 Å². The smallest absolute Gasteiger partial charge is 0.0972 e. The summed E-state index contributed by atoms with van der Waals surface area (Å²) in [5, 5.41) is 16.7. The average Bonchev–Trinajstić information content (AvgIpc) is 2.58. The Morgan fingerprint density at radius 3 is 2.87 bits per heavy atom. The highest BCUT2D eigenvalue weighted by Gasteiger charge is 2.08. The Bertz CT molecular complexity index is 339. The minimum Gasteiger partial charge on any atom is -0.300 e. The minimum atomic E-state index is -0.132. The fraction of sp³-hybridized carbons (Fsp3) is 0.600. The summed E-state index contributed by atoms with van der Waals surface area (Å²) in [5.74, 6) is 0. The molecule has 0 spiro atoms. The third kappa shape index (κ3) is 4.32. The Labute approximate surface area is 94.8 Å². The molecule has 1 rings (SSSR count). The molecule has 0 aromatic carbocycles. The van der Waals surface area contributed by atoms with Crippen LogP contribution in [0.3, 0.4) is 0 Å². The normalized spacial score (nSPS) is 12.7. The van der Waals surface area contributed by atoms with Crippen LogP contribution in [-0.2, 0) is 6.54 Å². The van der Waals surface area contributed by atoms with Crippen molar-refractivity contribution in [2.45, 2.75) is 38.9 Å². The summed E-state index contributed by atoms with van der Waals surface area (Å²) in [6, 6.07) is 2.41. The Morgan fingerprint density at radius 2 is 2.40 bits per heavy atom. The van der Waals surface area contributed by atoms with Crippen molar-refractivity contribution < 1.29 is 0 Å². The molecule has 4 nitrogen and oxygen atoms in total. The first-order chi connectivity index (χ1) is 7.11. The Balaban J connectivity index is 2.38. The van der Waals surface area contributed by atoms with E-state index >= 15 is 0 Å². The van der Waals surface area contributed by atoms with Crippen LogP contribution in [0.15, 0.2) is 12.4 Å². The molecule has 0 bridgehead atoms. The second-order valence-electron chi connectivity index (χ2n) is 3.71. The van der Waals surface area contributed by atoms with E-state index in [1.807, 2.05) is 13.8 Å². The zero-order chi connectivity index (χ0) is 11.3. The molecular weight excluding hydrogens is 212 g/mol. The summed E-state index contributed by atoms with van der Waals surface area (Å²) in [6.45, 7) is 4.74. The summed E-state index contributed by atoms with van der Waals surface area (Å²) < 4.78 is 1.74. The minimum absolute atomic E-state index is 0.132. The summed E-state index contributed by atoms with van der Waals surface area (Å²) in [7, 11) is 0. The highest BCUT2D eigenvalue weighted by atomic mass is 35.5. The second-order valence-corrected chi connectivity index (χ2v) is 4.15. The van der Waals surface area contributed by atoms with E-state index in [1.165, 1.54) is 0 Å². The van der Waals surface area contributed by atoms with Crippen molar-refractivity contribution in [3.63, 3.8) is 0 Å². The first kappa shape index (κ1) is 12.0. The summed E-state index contributed by atoms with van der Waals surface area (Å²) in [5.41, 5.74) is 0. The molecule has 1 heterocycles. The van der Waals surface area contributed by atoms with Crippen LogP contribution >= 0.6 is 11.6 Å². The monoisotopic (exact) mass is 226 g/mol. The molecular formula is C10H15ClN4. The molecule has 82 valence electrons. The first-order valence-electron chi connectivity index (χ1n) is 4.95. The number of hydrogen-bond acceptors (Lipinski definition) is 3. The number of halogens is 1. The fourth-order valence-electron chi connectivity index (χ4n) is 1.31. The molecule has 0 aliphatic rings. The number of rotatable bonds is 5. The molecule has 0 saturated heterocycles. The third-order valence-electron chi connectivity index (χ3n) is 1.94. The maximum atomic E-state index is 8.89. The van der Waals surface area contributed by atoms with Gasteiger partial charge >= 0.3 is 0 Å². The van der Waals surface area contributed by atoms with Crippen molar-refractivity contribution in [3.8, 4) is 6.07 Å². The molecule has 0 saturated carbocycles. The molecule has 0 radical (unpaired) electrons. The van der Waals surface area contributed by atoms with Gasteiger partial charge in [-0.3, -0.25) is 10.00 Å². The number of nitrogens with zero attached hydrogens (tertiary/aromatic N) is 3. The predicted octanol–water partition coefficient (Wildman–Crippen LogP) is 1.82. The van der Waals surface area contributed by atoms with Gasteiger partial charge in [0.1, 0.15) is 0 Å². The van der Waals surface area contributed by atoms with E-state index in [4.69, 9.17) is 16.9 Å². The predicted molar refractivity (Wildman–Crippen MR) is 59.5 cm³/mol. The van der Waals surface area contributed by atoms with Crippen LogP contribution in [0.2, 0.25) is 5.02 Å². The van der Waals surface area contributed by atoms with Crippen LogP contribution in [0, 0.1) is 11.3 Å². The zero-order valence-electron chi connectivity index (χ0n) is 8.94. The van der Waals surface area contributed by atoms with Crippen LogP contribution in [0.5, 0.6) is 0 Å². The number of hydrogen-bond donors (Lipinski definition) is 1. The summed E-state index contributed by atoms with van der Waals surface area (Å²) in [4.78, 5) is 0. The van der Waals surface area contributed by atoms with Crippen molar-refractivity contribution in [2.75, 3.05) is 0 Å². The number of aryl methyl sites for hydroxylation is 1. The van der Waals surface area contributed by atoms with E-state index in [1.54, 1.807) is 17.1 Å². The topological polar surface area (TPSA) is 53.6 Å².